The van der Waals surface area contributed by atoms with Crippen molar-refractivity contribution in [2.45, 2.75) is 46.5 Å². The summed E-state index contributed by atoms with van der Waals surface area (Å²) < 4.78 is 5.12. The standard InChI is InChI=1S/C20H23N3O3/c1-11(2)17-10-20(25)22-18-9-14(5-6-16(17)18)21-19(24)8-7-15-12(3)23-26-13(15)4/h5-6,9-11H,7-8H2,1-4H3,(H,21,24)(H,22,25). The van der Waals surface area contributed by atoms with Crippen LogP contribution in [0.4, 0.5) is 5.69 Å². The molecule has 136 valence electrons. The second kappa shape index (κ2) is 7.15. The number of amides is 1. The molecule has 2 aromatic heterocycles. The van der Waals surface area contributed by atoms with E-state index in [1.807, 2.05) is 26.0 Å². The van der Waals surface area contributed by atoms with E-state index in [2.05, 4.69) is 29.3 Å². The Morgan fingerprint density at radius 1 is 1.27 bits per heavy atom. The number of aromatic amines is 1. The van der Waals surface area contributed by atoms with Crippen molar-refractivity contribution in [3.8, 4) is 0 Å². The second-order valence-electron chi connectivity index (χ2n) is 6.85. The molecule has 0 aliphatic heterocycles. The van der Waals surface area contributed by atoms with E-state index in [9.17, 15) is 9.59 Å². The molecule has 2 N–H and O–H groups in total. The van der Waals surface area contributed by atoms with Gasteiger partial charge in [0.15, 0.2) is 0 Å². The molecule has 2 heterocycles. The Morgan fingerprint density at radius 2 is 2.04 bits per heavy atom. The minimum absolute atomic E-state index is 0.0910. The third-order valence-electron chi connectivity index (χ3n) is 4.56. The predicted octanol–water partition coefficient (Wildman–Crippen LogP) is 3.83. The predicted molar refractivity (Wildman–Crippen MR) is 102 cm³/mol. The second-order valence-corrected chi connectivity index (χ2v) is 6.85. The van der Waals surface area contributed by atoms with Crippen molar-refractivity contribution in [3.63, 3.8) is 0 Å². The molecule has 0 saturated carbocycles. The number of nitrogens with one attached hydrogen (secondary N) is 2. The van der Waals surface area contributed by atoms with Crippen LogP contribution in [-0.4, -0.2) is 16.0 Å². The molecule has 0 aliphatic rings. The van der Waals surface area contributed by atoms with Gasteiger partial charge in [-0.05, 0) is 43.9 Å². The molecule has 3 aromatic rings. The van der Waals surface area contributed by atoms with Crippen LogP contribution in [0.3, 0.4) is 0 Å². The van der Waals surface area contributed by atoms with E-state index in [1.165, 1.54) is 0 Å². The average molecular weight is 353 g/mol. The van der Waals surface area contributed by atoms with Gasteiger partial charge in [-0.25, -0.2) is 0 Å². The first kappa shape index (κ1) is 17.9. The van der Waals surface area contributed by atoms with Gasteiger partial charge in [-0.3, -0.25) is 9.59 Å². The zero-order chi connectivity index (χ0) is 18.8. The van der Waals surface area contributed by atoms with Crippen LogP contribution >= 0.6 is 0 Å². The minimum Gasteiger partial charge on any atom is -0.361 e. The first-order valence-corrected chi connectivity index (χ1v) is 8.73. The summed E-state index contributed by atoms with van der Waals surface area (Å²) in [5.74, 6) is 0.904. The molecule has 6 heteroatoms. The fraction of sp³-hybridized carbons (Fsp3) is 0.350. The number of hydrogen-bond acceptors (Lipinski definition) is 4. The number of rotatable bonds is 5. The molecule has 1 amide bonds. The van der Waals surface area contributed by atoms with Crippen LogP contribution in [-0.2, 0) is 11.2 Å². The van der Waals surface area contributed by atoms with Gasteiger partial charge in [0, 0.05) is 29.1 Å². The molecule has 3 rings (SSSR count). The fourth-order valence-corrected chi connectivity index (χ4v) is 3.16. The van der Waals surface area contributed by atoms with Gasteiger partial charge in [-0.1, -0.05) is 25.1 Å². The Labute approximate surface area is 151 Å². The van der Waals surface area contributed by atoms with Crippen molar-refractivity contribution >= 4 is 22.5 Å². The number of anilines is 1. The summed E-state index contributed by atoms with van der Waals surface area (Å²) in [5, 5.41) is 7.79. The number of pyridine rings is 1. The first-order chi connectivity index (χ1) is 12.3. The zero-order valence-electron chi connectivity index (χ0n) is 15.5. The van der Waals surface area contributed by atoms with Crippen LogP contribution in [0.25, 0.3) is 10.9 Å². The highest BCUT2D eigenvalue weighted by Crippen LogP contribution is 2.25. The van der Waals surface area contributed by atoms with Crippen molar-refractivity contribution in [3.05, 3.63) is 57.2 Å². The number of H-pyrrole nitrogens is 1. The van der Waals surface area contributed by atoms with Gasteiger partial charge < -0.3 is 14.8 Å². The molecule has 26 heavy (non-hydrogen) atoms. The van der Waals surface area contributed by atoms with Gasteiger partial charge in [0.2, 0.25) is 11.5 Å². The van der Waals surface area contributed by atoms with Gasteiger partial charge in [0.05, 0.1) is 11.2 Å². The smallest absolute Gasteiger partial charge is 0.248 e. The molecule has 0 aliphatic carbocycles. The maximum atomic E-state index is 12.3. The largest absolute Gasteiger partial charge is 0.361 e. The fourth-order valence-electron chi connectivity index (χ4n) is 3.16. The van der Waals surface area contributed by atoms with Crippen LogP contribution in [0.2, 0.25) is 0 Å². The lowest BCUT2D eigenvalue weighted by atomic mass is 9.99. The molecule has 0 bridgehead atoms. The maximum absolute atomic E-state index is 12.3. The lowest BCUT2D eigenvalue weighted by molar-refractivity contribution is -0.116. The summed E-state index contributed by atoms with van der Waals surface area (Å²) in [4.78, 5) is 27.0. The molecular weight excluding hydrogens is 330 g/mol. The van der Waals surface area contributed by atoms with Crippen LogP contribution in [0, 0.1) is 13.8 Å². The highest BCUT2D eigenvalue weighted by Gasteiger charge is 2.12. The van der Waals surface area contributed by atoms with Crippen molar-refractivity contribution < 1.29 is 9.32 Å². The normalized spacial score (nSPS) is 11.3. The topological polar surface area (TPSA) is 88.0 Å². The minimum atomic E-state index is -0.136. The van der Waals surface area contributed by atoms with Gasteiger partial charge in [-0.15, -0.1) is 0 Å². The quantitative estimate of drug-likeness (QED) is 0.730. The lowest BCUT2D eigenvalue weighted by Crippen LogP contribution is -2.13. The Balaban J connectivity index is 1.76. The van der Waals surface area contributed by atoms with E-state index in [0.29, 0.717) is 18.5 Å². The number of fused-ring (bicyclic) bond motifs is 1. The average Bonchev–Trinajstić information content (AvgIpc) is 2.90. The monoisotopic (exact) mass is 353 g/mol. The molecule has 0 spiro atoms. The van der Waals surface area contributed by atoms with E-state index in [4.69, 9.17) is 4.52 Å². The Bertz CT molecular complexity index is 995. The SMILES string of the molecule is Cc1noc(C)c1CCC(=O)Nc1ccc2c(C(C)C)cc(=O)[nH]c2c1. The third-order valence-corrected chi connectivity index (χ3v) is 4.56. The molecule has 0 atom stereocenters. The van der Waals surface area contributed by atoms with E-state index in [0.717, 1.165) is 33.5 Å². The number of aryl methyl sites for hydroxylation is 2. The molecule has 6 nitrogen and oxygen atoms in total. The van der Waals surface area contributed by atoms with E-state index in [1.54, 1.807) is 12.1 Å². The summed E-state index contributed by atoms with van der Waals surface area (Å²) in [5.41, 5.74) is 4.05. The number of aromatic nitrogens is 2. The molecular formula is C20H23N3O3. The highest BCUT2D eigenvalue weighted by molar-refractivity contribution is 5.94. The molecule has 0 radical (unpaired) electrons. The molecule has 1 aromatic carbocycles. The number of nitrogens with zero attached hydrogens (tertiary/aromatic N) is 1. The first-order valence-electron chi connectivity index (χ1n) is 8.73. The zero-order valence-corrected chi connectivity index (χ0v) is 15.5. The van der Waals surface area contributed by atoms with Gasteiger partial charge >= 0.3 is 0 Å². The van der Waals surface area contributed by atoms with Crippen molar-refractivity contribution in [2.24, 2.45) is 0 Å². The van der Waals surface area contributed by atoms with Gasteiger partial charge in [0.1, 0.15) is 5.76 Å². The summed E-state index contributed by atoms with van der Waals surface area (Å²) in [7, 11) is 0. The van der Waals surface area contributed by atoms with E-state index in [-0.39, 0.29) is 17.4 Å². The van der Waals surface area contributed by atoms with Gasteiger partial charge in [-0.2, -0.15) is 0 Å². The Morgan fingerprint density at radius 3 is 2.69 bits per heavy atom. The molecule has 0 saturated heterocycles. The van der Waals surface area contributed by atoms with Crippen molar-refractivity contribution in [1.29, 1.82) is 0 Å². The van der Waals surface area contributed by atoms with Crippen LogP contribution in [0.1, 0.15) is 48.8 Å². The summed E-state index contributed by atoms with van der Waals surface area (Å²) in [6, 6.07) is 7.23. The van der Waals surface area contributed by atoms with E-state index >= 15 is 0 Å². The van der Waals surface area contributed by atoms with Crippen LogP contribution < -0.4 is 10.9 Å². The number of carbonyl (C=O) groups is 1. The van der Waals surface area contributed by atoms with Crippen LogP contribution in [0.15, 0.2) is 33.6 Å². The number of benzene rings is 1. The number of hydrogen-bond donors (Lipinski definition) is 2. The summed E-state index contributed by atoms with van der Waals surface area (Å²) in [6.45, 7) is 7.83. The molecule has 0 unspecified atom stereocenters. The summed E-state index contributed by atoms with van der Waals surface area (Å²) >= 11 is 0. The van der Waals surface area contributed by atoms with E-state index < -0.39 is 0 Å². The van der Waals surface area contributed by atoms with Crippen molar-refractivity contribution in [2.75, 3.05) is 5.32 Å². The van der Waals surface area contributed by atoms with Crippen LogP contribution in [0.5, 0.6) is 0 Å². The van der Waals surface area contributed by atoms with Gasteiger partial charge in [0.25, 0.3) is 0 Å². The molecule has 0 fully saturated rings. The number of carbonyl (C=O) groups excluding carboxylic acids is 1. The van der Waals surface area contributed by atoms with Crippen molar-refractivity contribution in [1.82, 2.24) is 10.1 Å². The third kappa shape index (κ3) is 3.69. The summed E-state index contributed by atoms with van der Waals surface area (Å²) in [6.07, 6.45) is 0.915. The lowest BCUT2D eigenvalue weighted by Gasteiger charge is -2.11. The highest BCUT2D eigenvalue weighted by atomic mass is 16.5. The Kier molecular flexibility index (Phi) is 4.93. The Hall–Kier alpha value is -2.89. The maximum Gasteiger partial charge on any atom is 0.248 e.